The monoisotopic (exact) mass is 449 g/mol. The van der Waals surface area contributed by atoms with Crippen molar-refractivity contribution in [3.63, 3.8) is 0 Å². The van der Waals surface area contributed by atoms with Gasteiger partial charge in [-0.3, -0.25) is 14.5 Å². The highest BCUT2D eigenvalue weighted by Crippen LogP contribution is 2.45. The van der Waals surface area contributed by atoms with Crippen LogP contribution >= 0.6 is 11.6 Å². The molecule has 162 valence electrons. The van der Waals surface area contributed by atoms with E-state index < -0.39 is 17.7 Å². The van der Waals surface area contributed by atoms with E-state index in [0.717, 1.165) is 0 Å². The molecule has 1 unspecified atom stereocenters. The predicted octanol–water partition coefficient (Wildman–Crippen LogP) is 4.98. The van der Waals surface area contributed by atoms with Gasteiger partial charge in [-0.1, -0.05) is 48.0 Å². The van der Waals surface area contributed by atoms with Crippen LogP contribution in [-0.4, -0.2) is 31.0 Å². The van der Waals surface area contributed by atoms with E-state index in [-0.39, 0.29) is 11.3 Å². The minimum atomic E-state index is -0.936. The van der Waals surface area contributed by atoms with Crippen LogP contribution in [0.2, 0.25) is 5.02 Å². The lowest BCUT2D eigenvalue weighted by Crippen LogP contribution is -2.29. The molecule has 4 rings (SSSR count). The van der Waals surface area contributed by atoms with Crippen LogP contribution in [0, 0.1) is 0 Å². The predicted molar refractivity (Wildman–Crippen MR) is 122 cm³/mol. The van der Waals surface area contributed by atoms with Gasteiger partial charge < -0.3 is 14.6 Å². The number of ether oxygens (including phenoxy) is 2. The van der Waals surface area contributed by atoms with Crippen molar-refractivity contribution >= 4 is 34.7 Å². The molecule has 32 heavy (non-hydrogen) atoms. The second kappa shape index (κ2) is 8.77. The Bertz CT molecular complexity index is 1220. The van der Waals surface area contributed by atoms with E-state index in [1.165, 1.54) is 19.1 Å². The van der Waals surface area contributed by atoms with Crippen LogP contribution < -0.4 is 14.4 Å². The molecule has 6 nitrogen and oxygen atoms in total. The smallest absolute Gasteiger partial charge is 0.300 e. The maximum atomic E-state index is 13.2. The molecule has 1 heterocycles. The normalized spacial score (nSPS) is 17.5. The number of carbonyl (C=O) groups excluding carboxylic acids is 2. The van der Waals surface area contributed by atoms with E-state index in [1.54, 1.807) is 72.8 Å². The highest BCUT2D eigenvalue weighted by Gasteiger charge is 2.48. The van der Waals surface area contributed by atoms with Crippen LogP contribution in [0.15, 0.2) is 78.4 Å². The minimum absolute atomic E-state index is 0.0374. The van der Waals surface area contributed by atoms with Gasteiger partial charge in [0.05, 0.1) is 25.8 Å². The topological polar surface area (TPSA) is 76.1 Å². The molecule has 0 radical (unpaired) electrons. The van der Waals surface area contributed by atoms with Crippen molar-refractivity contribution in [3.05, 3.63) is 94.5 Å². The third kappa shape index (κ3) is 3.69. The Kier molecular flexibility index (Phi) is 5.88. The highest BCUT2D eigenvalue weighted by molar-refractivity contribution is 6.51. The number of ketones is 1. The summed E-state index contributed by atoms with van der Waals surface area (Å²) in [6.07, 6.45) is 0. The van der Waals surface area contributed by atoms with Gasteiger partial charge in [0, 0.05) is 27.9 Å². The van der Waals surface area contributed by atoms with Crippen LogP contribution in [-0.2, 0) is 9.59 Å². The van der Waals surface area contributed by atoms with Gasteiger partial charge in [0.15, 0.2) is 0 Å². The van der Waals surface area contributed by atoms with Gasteiger partial charge in [0.25, 0.3) is 11.7 Å². The Labute approximate surface area is 190 Å². The molecule has 0 saturated carbocycles. The molecule has 1 fully saturated rings. The van der Waals surface area contributed by atoms with E-state index in [2.05, 4.69) is 0 Å². The standard InChI is InChI=1S/C25H20ClNO5/c1-31-18-11-12-19(20(14-18)32-2)22-21(23(28)15-7-4-3-5-8-15)24(29)25(30)27(22)17-10-6-9-16(26)13-17/h3-14,22,28H,1-2H3/b23-21+. The molecule has 0 aliphatic carbocycles. The second-order valence-corrected chi connectivity index (χ2v) is 7.56. The van der Waals surface area contributed by atoms with Crippen LogP contribution in [0.1, 0.15) is 17.2 Å². The molecular weight excluding hydrogens is 430 g/mol. The van der Waals surface area contributed by atoms with E-state index in [1.807, 2.05) is 0 Å². The summed E-state index contributed by atoms with van der Waals surface area (Å²) in [5.41, 5.74) is 1.33. The van der Waals surface area contributed by atoms with Gasteiger partial charge in [-0.25, -0.2) is 0 Å². The Morgan fingerprint density at radius 1 is 0.938 bits per heavy atom. The number of halogens is 1. The van der Waals surface area contributed by atoms with E-state index >= 15 is 0 Å². The summed E-state index contributed by atoms with van der Waals surface area (Å²) in [6.45, 7) is 0. The number of hydrogen-bond donors (Lipinski definition) is 1. The average molecular weight is 450 g/mol. The number of aliphatic hydroxyl groups excluding tert-OH is 1. The number of aliphatic hydroxyl groups is 1. The molecule has 1 aliphatic heterocycles. The fourth-order valence-electron chi connectivity index (χ4n) is 3.81. The third-order valence-electron chi connectivity index (χ3n) is 5.31. The number of Topliss-reactive ketones (excluding diaryl/α,β-unsaturated/α-hetero) is 1. The third-order valence-corrected chi connectivity index (χ3v) is 5.55. The van der Waals surface area contributed by atoms with Crippen LogP contribution in [0.3, 0.4) is 0 Å². The van der Waals surface area contributed by atoms with Crippen LogP contribution in [0.5, 0.6) is 11.5 Å². The Morgan fingerprint density at radius 3 is 2.34 bits per heavy atom. The largest absolute Gasteiger partial charge is 0.507 e. The summed E-state index contributed by atoms with van der Waals surface area (Å²) in [6, 6.07) is 19.4. The quantitative estimate of drug-likeness (QED) is 0.337. The summed E-state index contributed by atoms with van der Waals surface area (Å²) >= 11 is 6.17. The van der Waals surface area contributed by atoms with Gasteiger partial charge >= 0.3 is 0 Å². The number of rotatable bonds is 5. The van der Waals surface area contributed by atoms with E-state index in [4.69, 9.17) is 21.1 Å². The van der Waals surface area contributed by atoms with Gasteiger partial charge in [-0.2, -0.15) is 0 Å². The molecule has 7 heteroatoms. The van der Waals surface area contributed by atoms with Crippen molar-refractivity contribution in [1.29, 1.82) is 0 Å². The number of amides is 1. The Morgan fingerprint density at radius 2 is 1.69 bits per heavy atom. The van der Waals surface area contributed by atoms with Gasteiger partial charge in [-0.15, -0.1) is 0 Å². The molecule has 3 aromatic carbocycles. The van der Waals surface area contributed by atoms with Gasteiger partial charge in [-0.05, 0) is 30.3 Å². The lowest BCUT2D eigenvalue weighted by Gasteiger charge is -2.27. The molecule has 0 spiro atoms. The molecule has 3 aromatic rings. The molecule has 0 aromatic heterocycles. The Balaban J connectivity index is 2.00. The molecule has 0 bridgehead atoms. The summed E-state index contributed by atoms with van der Waals surface area (Å²) in [7, 11) is 3.02. The number of hydrogen-bond acceptors (Lipinski definition) is 5. The van der Waals surface area contributed by atoms with Crippen molar-refractivity contribution in [2.75, 3.05) is 19.1 Å². The zero-order chi connectivity index (χ0) is 22.8. The molecule has 1 amide bonds. The summed E-state index contributed by atoms with van der Waals surface area (Å²) in [4.78, 5) is 27.7. The van der Waals surface area contributed by atoms with Gasteiger partial charge in [0.1, 0.15) is 17.3 Å². The van der Waals surface area contributed by atoms with Crippen LogP contribution in [0.25, 0.3) is 5.76 Å². The number of methoxy groups -OCH3 is 2. The van der Waals surface area contributed by atoms with Crippen molar-refractivity contribution in [2.24, 2.45) is 0 Å². The highest BCUT2D eigenvalue weighted by atomic mass is 35.5. The lowest BCUT2D eigenvalue weighted by molar-refractivity contribution is -0.132. The number of benzene rings is 3. The first-order chi connectivity index (χ1) is 15.5. The lowest BCUT2D eigenvalue weighted by atomic mass is 9.94. The first-order valence-corrected chi connectivity index (χ1v) is 10.2. The first kappa shape index (κ1) is 21.5. The minimum Gasteiger partial charge on any atom is -0.507 e. The summed E-state index contributed by atoms with van der Waals surface area (Å²) in [5, 5.41) is 11.5. The summed E-state index contributed by atoms with van der Waals surface area (Å²) in [5.74, 6) is -0.881. The van der Waals surface area contributed by atoms with Crippen molar-refractivity contribution < 1.29 is 24.2 Å². The number of anilines is 1. The summed E-state index contributed by atoms with van der Waals surface area (Å²) < 4.78 is 10.8. The van der Waals surface area contributed by atoms with Crippen molar-refractivity contribution in [2.45, 2.75) is 6.04 Å². The fourth-order valence-corrected chi connectivity index (χ4v) is 4.00. The fraction of sp³-hybridized carbons (Fsp3) is 0.120. The molecule has 1 N–H and O–H groups in total. The van der Waals surface area contributed by atoms with Gasteiger partial charge in [0.2, 0.25) is 0 Å². The average Bonchev–Trinajstić information content (AvgIpc) is 3.08. The maximum Gasteiger partial charge on any atom is 0.300 e. The van der Waals surface area contributed by atoms with Crippen molar-refractivity contribution in [1.82, 2.24) is 0 Å². The second-order valence-electron chi connectivity index (χ2n) is 7.12. The molecule has 1 aliphatic rings. The molecule has 1 atom stereocenters. The number of carbonyl (C=O) groups is 2. The SMILES string of the molecule is COc1ccc(C2/C(=C(\O)c3ccccc3)C(=O)C(=O)N2c2cccc(Cl)c2)c(OC)c1. The first-order valence-electron chi connectivity index (χ1n) is 9.80. The van der Waals surface area contributed by atoms with E-state index in [0.29, 0.717) is 33.3 Å². The van der Waals surface area contributed by atoms with Crippen molar-refractivity contribution in [3.8, 4) is 11.5 Å². The van der Waals surface area contributed by atoms with Crippen LogP contribution in [0.4, 0.5) is 5.69 Å². The molecule has 1 saturated heterocycles. The maximum absolute atomic E-state index is 13.2. The van der Waals surface area contributed by atoms with E-state index in [9.17, 15) is 14.7 Å². The Hall–Kier alpha value is -3.77. The zero-order valence-electron chi connectivity index (χ0n) is 17.4. The number of nitrogens with zero attached hydrogens (tertiary/aromatic N) is 1. The zero-order valence-corrected chi connectivity index (χ0v) is 18.2. The molecular formula is C25H20ClNO5.